The highest BCUT2D eigenvalue weighted by Gasteiger charge is 2.08. The second-order valence-electron chi connectivity index (χ2n) is 2.51. The van der Waals surface area contributed by atoms with Crippen LogP contribution in [0.25, 0.3) is 11.3 Å². The molecule has 0 atom stereocenters. The zero-order valence-electron chi connectivity index (χ0n) is 6.50. The van der Waals surface area contributed by atoms with Gasteiger partial charge in [-0.15, -0.1) is 0 Å². The summed E-state index contributed by atoms with van der Waals surface area (Å²) >= 11 is 0. The summed E-state index contributed by atoms with van der Waals surface area (Å²) in [6, 6.07) is 4.66. The SMILES string of the molecule is Fc1ccc(F)c(-c2ccon2)c1. The Bertz CT molecular complexity index is 412. The maximum Gasteiger partial charge on any atom is 0.132 e. The lowest BCUT2D eigenvalue weighted by Gasteiger charge is -1.97. The summed E-state index contributed by atoms with van der Waals surface area (Å²) in [5, 5.41) is 3.51. The first-order valence-corrected chi connectivity index (χ1v) is 3.63. The molecule has 0 aliphatic carbocycles. The highest BCUT2D eigenvalue weighted by Crippen LogP contribution is 2.21. The highest BCUT2D eigenvalue weighted by atomic mass is 19.1. The van der Waals surface area contributed by atoms with E-state index in [9.17, 15) is 8.78 Å². The van der Waals surface area contributed by atoms with Crippen molar-refractivity contribution in [1.82, 2.24) is 5.16 Å². The first kappa shape index (κ1) is 7.91. The molecular formula is C9H5F2NO. The largest absolute Gasteiger partial charge is 0.364 e. The normalized spacial score (nSPS) is 10.3. The van der Waals surface area contributed by atoms with Crippen molar-refractivity contribution in [3.63, 3.8) is 0 Å². The zero-order chi connectivity index (χ0) is 9.26. The molecule has 0 saturated carbocycles. The summed E-state index contributed by atoms with van der Waals surface area (Å²) in [6.45, 7) is 0. The third-order valence-corrected chi connectivity index (χ3v) is 1.64. The third-order valence-electron chi connectivity index (χ3n) is 1.64. The van der Waals surface area contributed by atoms with Crippen LogP contribution in [-0.4, -0.2) is 5.16 Å². The van der Waals surface area contributed by atoms with Gasteiger partial charge >= 0.3 is 0 Å². The molecule has 13 heavy (non-hydrogen) atoms. The van der Waals surface area contributed by atoms with E-state index in [1.54, 1.807) is 0 Å². The molecule has 0 aliphatic heterocycles. The van der Waals surface area contributed by atoms with Gasteiger partial charge in [0.25, 0.3) is 0 Å². The lowest BCUT2D eigenvalue weighted by atomic mass is 10.1. The predicted molar refractivity (Wildman–Crippen MR) is 41.9 cm³/mol. The molecule has 66 valence electrons. The lowest BCUT2D eigenvalue weighted by molar-refractivity contribution is 0.421. The van der Waals surface area contributed by atoms with Gasteiger partial charge in [0.1, 0.15) is 23.6 Å². The molecule has 0 amide bonds. The van der Waals surface area contributed by atoms with Crippen LogP contribution in [-0.2, 0) is 0 Å². The molecule has 0 saturated heterocycles. The van der Waals surface area contributed by atoms with Crippen molar-refractivity contribution in [2.24, 2.45) is 0 Å². The van der Waals surface area contributed by atoms with Crippen molar-refractivity contribution in [1.29, 1.82) is 0 Å². The predicted octanol–water partition coefficient (Wildman–Crippen LogP) is 2.62. The van der Waals surface area contributed by atoms with Crippen molar-refractivity contribution >= 4 is 0 Å². The van der Waals surface area contributed by atoms with E-state index < -0.39 is 11.6 Å². The van der Waals surface area contributed by atoms with Gasteiger partial charge in [0.2, 0.25) is 0 Å². The molecule has 1 aromatic heterocycles. The van der Waals surface area contributed by atoms with Gasteiger partial charge in [-0.3, -0.25) is 0 Å². The molecule has 1 heterocycles. The first-order chi connectivity index (χ1) is 6.27. The average Bonchev–Trinajstić information content (AvgIpc) is 2.61. The van der Waals surface area contributed by atoms with Gasteiger partial charge in [0, 0.05) is 11.6 Å². The van der Waals surface area contributed by atoms with Crippen molar-refractivity contribution in [3.05, 3.63) is 42.2 Å². The number of rotatable bonds is 1. The van der Waals surface area contributed by atoms with Gasteiger partial charge in [-0.25, -0.2) is 8.78 Å². The third kappa shape index (κ3) is 1.42. The summed E-state index contributed by atoms with van der Waals surface area (Å²) < 4.78 is 30.3. The van der Waals surface area contributed by atoms with Crippen molar-refractivity contribution in [2.75, 3.05) is 0 Å². The van der Waals surface area contributed by atoms with Crippen LogP contribution in [0.3, 0.4) is 0 Å². The Morgan fingerprint density at radius 3 is 2.69 bits per heavy atom. The van der Waals surface area contributed by atoms with E-state index in [0.717, 1.165) is 18.2 Å². The molecule has 1 aromatic carbocycles. The van der Waals surface area contributed by atoms with Gasteiger partial charge in [-0.05, 0) is 18.2 Å². The van der Waals surface area contributed by atoms with E-state index in [2.05, 4.69) is 9.68 Å². The monoisotopic (exact) mass is 181 g/mol. The Labute approximate surface area is 72.8 Å². The quantitative estimate of drug-likeness (QED) is 0.675. The summed E-state index contributed by atoms with van der Waals surface area (Å²) in [4.78, 5) is 0. The van der Waals surface area contributed by atoms with Gasteiger partial charge < -0.3 is 4.52 Å². The van der Waals surface area contributed by atoms with Crippen LogP contribution in [0.1, 0.15) is 0 Å². The fraction of sp³-hybridized carbons (Fsp3) is 0. The van der Waals surface area contributed by atoms with Crippen LogP contribution in [0.2, 0.25) is 0 Å². The van der Waals surface area contributed by atoms with E-state index in [0.29, 0.717) is 0 Å². The van der Waals surface area contributed by atoms with E-state index in [-0.39, 0.29) is 11.3 Å². The summed E-state index contributed by atoms with van der Waals surface area (Å²) in [5.74, 6) is -1.02. The minimum atomic E-state index is -0.518. The van der Waals surface area contributed by atoms with E-state index in [4.69, 9.17) is 0 Å². The second-order valence-corrected chi connectivity index (χ2v) is 2.51. The van der Waals surface area contributed by atoms with Crippen LogP contribution in [0.5, 0.6) is 0 Å². The van der Waals surface area contributed by atoms with Crippen molar-refractivity contribution < 1.29 is 13.3 Å². The topological polar surface area (TPSA) is 26.0 Å². The van der Waals surface area contributed by atoms with E-state index in [1.165, 1.54) is 12.3 Å². The van der Waals surface area contributed by atoms with Crippen molar-refractivity contribution in [2.45, 2.75) is 0 Å². The average molecular weight is 181 g/mol. The number of benzene rings is 1. The van der Waals surface area contributed by atoms with Crippen LogP contribution >= 0.6 is 0 Å². The molecule has 2 rings (SSSR count). The zero-order valence-corrected chi connectivity index (χ0v) is 6.50. The Morgan fingerprint density at radius 1 is 1.15 bits per heavy atom. The number of hydrogen-bond donors (Lipinski definition) is 0. The molecule has 0 unspecified atom stereocenters. The molecule has 0 aliphatic rings. The van der Waals surface area contributed by atoms with Crippen LogP contribution in [0, 0.1) is 11.6 Å². The summed E-state index contributed by atoms with van der Waals surface area (Å²) in [6.07, 6.45) is 1.31. The van der Waals surface area contributed by atoms with E-state index >= 15 is 0 Å². The van der Waals surface area contributed by atoms with Gasteiger partial charge in [0.05, 0.1) is 0 Å². The van der Waals surface area contributed by atoms with Crippen LogP contribution < -0.4 is 0 Å². The molecule has 0 bridgehead atoms. The molecule has 0 spiro atoms. The molecular weight excluding hydrogens is 176 g/mol. The fourth-order valence-electron chi connectivity index (χ4n) is 1.05. The Balaban J connectivity index is 2.57. The maximum atomic E-state index is 13.1. The first-order valence-electron chi connectivity index (χ1n) is 3.63. The Kier molecular flexibility index (Phi) is 1.81. The molecule has 0 radical (unpaired) electrons. The number of aromatic nitrogens is 1. The standard InChI is InChI=1S/C9H5F2NO/c10-6-1-2-8(11)7(5-6)9-3-4-13-12-9/h1-5H. The van der Waals surface area contributed by atoms with Gasteiger partial charge in [0.15, 0.2) is 0 Å². The van der Waals surface area contributed by atoms with E-state index in [1.807, 2.05) is 0 Å². The Morgan fingerprint density at radius 2 is 2.00 bits per heavy atom. The van der Waals surface area contributed by atoms with Gasteiger partial charge in [-0.1, -0.05) is 5.16 Å². The lowest BCUT2D eigenvalue weighted by Crippen LogP contribution is -1.85. The molecule has 2 nitrogen and oxygen atoms in total. The molecule has 0 N–H and O–H groups in total. The number of halogens is 2. The van der Waals surface area contributed by atoms with Gasteiger partial charge in [-0.2, -0.15) is 0 Å². The molecule has 4 heteroatoms. The smallest absolute Gasteiger partial charge is 0.132 e. The Hall–Kier alpha value is -1.71. The minimum Gasteiger partial charge on any atom is -0.364 e. The number of hydrogen-bond acceptors (Lipinski definition) is 2. The summed E-state index contributed by atoms with van der Waals surface area (Å²) in [7, 11) is 0. The van der Waals surface area contributed by atoms with Crippen LogP contribution in [0.15, 0.2) is 35.1 Å². The molecule has 0 fully saturated rings. The van der Waals surface area contributed by atoms with Crippen molar-refractivity contribution in [3.8, 4) is 11.3 Å². The minimum absolute atomic E-state index is 0.105. The second kappa shape index (κ2) is 2.97. The molecule has 2 aromatic rings. The maximum absolute atomic E-state index is 13.1. The van der Waals surface area contributed by atoms with Crippen LogP contribution in [0.4, 0.5) is 8.78 Å². The highest BCUT2D eigenvalue weighted by molar-refractivity contribution is 5.58. The number of nitrogens with zero attached hydrogens (tertiary/aromatic N) is 1. The fourth-order valence-corrected chi connectivity index (χ4v) is 1.05. The summed E-state index contributed by atoms with van der Waals surface area (Å²) in [5.41, 5.74) is 0.394.